The van der Waals surface area contributed by atoms with Crippen LogP contribution in [0.4, 0.5) is 0 Å². The fourth-order valence-electron chi connectivity index (χ4n) is 4.31. The Balaban J connectivity index is 2.06. The topological polar surface area (TPSA) is 14.2 Å². The van der Waals surface area contributed by atoms with Gasteiger partial charge in [-0.15, -0.1) is 0 Å². The van der Waals surface area contributed by atoms with Crippen LogP contribution < -0.4 is 4.74 Å². The van der Waals surface area contributed by atoms with Crippen LogP contribution in [0.5, 0.6) is 5.75 Å². The van der Waals surface area contributed by atoms with Crippen molar-refractivity contribution in [1.82, 2.24) is 4.57 Å². The Morgan fingerprint density at radius 1 is 1.08 bits per heavy atom. The van der Waals surface area contributed by atoms with Crippen molar-refractivity contribution in [3.63, 3.8) is 0 Å². The van der Waals surface area contributed by atoms with Crippen LogP contribution in [0.15, 0.2) is 42.5 Å². The van der Waals surface area contributed by atoms with Gasteiger partial charge in [0.15, 0.2) is 0 Å². The first-order chi connectivity index (χ1) is 11.9. The highest BCUT2D eigenvalue weighted by atomic mass is 28.3. The van der Waals surface area contributed by atoms with Crippen LogP contribution in [-0.2, 0) is 12.0 Å². The minimum absolute atomic E-state index is 0.0218. The molecule has 0 fully saturated rings. The number of rotatable bonds is 4. The van der Waals surface area contributed by atoms with Gasteiger partial charge in [0, 0.05) is 37.2 Å². The molecule has 0 N–H and O–H groups in total. The highest BCUT2D eigenvalue weighted by Crippen LogP contribution is 2.53. The van der Waals surface area contributed by atoms with Gasteiger partial charge in [-0.3, -0.25) is 0 Å². The molecule has 1 heterocycles. The molecule has 0 atom stereocenters. The second-order valence-corrected chi connectivity index (χ2v) is 10.8. The lowest BCUT2D eigenvalue weighted by molar-refractivity contribution is 0.415. The number of hydrogen-bond donors (Lipinski definition) is 0. The summed E-state index contributed by atoms with van der Waals surface area (Å²) >= 11 is 0. The Morgan fingerprint density at radius 3 is 2.56 bits per heavy atom. The summed E-state index contributed by atoms with van der Waals surface area (Å²) in [4.78, 5) is 0. The normalized spacial score (nSPS) is 14.8. The average molecular weight is 349 g/mol. The molecule has 2 nitrogen and oxygen atoms in total. The van der Waals surface area contributed by atoms with Crippen LogP contribution in [-0.4, -0.2) is 20.5 Å². The van der Waals surface area contributed by atoms with Crippen molar-refractivity contribution in [1.29, 1.82) is 0 Å². The lowest BCUT2D eigenvalue weighted by atomic mass is 9.81. The van der Waals surface area contributed by atoms with E-state index < -0.39 is 0 Å². The Kier molecular flexibility index (Phi) is 3.80. The van der Waals surface area contributed by atoms with Gasteiger partial charge in [0.2, 0.25) is 0 Å². The van der Waals surface area contributed by atoms with Gasteiger partial charge in [-0.1, -0.05) is 51.2 Å². The summed E-state index contributed by atoms with van der Waals surface area (Å²) in [5.41, 5.74) is 7.09. The molecule has 1 aromatic heterocycles. The van der Waals surface area contributed by atoms with Crippen LogP contribution in [0.1, 0.15) is 25.0 Å². The van der Waals surface area contributed by atoms with Gasteiger partial charge in [-0.25, -0.2) is 0 Å². The highest BCUT2D eigenvalue weighted by molar-refractivity contribution is 6.55. The largest absolute Gasteiger partial charge is 0.497 e. The molecule has 2 aromatic carbocycles. The minimum atomic E-state index is -0.258. The number of aryl methyl sites for hydroxylation is 1. The van der Waals surface area contributed by atoms with Crippen molar-refractivity contribution in [3.8, 4) is 17.0 Å². The Labute approximate surface area is 152 Å². The summed E-state index contributed by atoms with van der Waals surface area (Å²) < 4.78 is 8.10. The lowest BCUT2D eigenvalue weighted by Crippen LogP contribution is -2.14. The molecule has 0 saturated carbocycles. The Bertz CT molecular complexity index is 952. The number of ether oxygens (including phenoxy) is 1. The molecule has 3 aromatic rings. The van der Waals surface area contributed by atoms with Gasteiger partial charge in [-0.05, 0) is 35.4 Å². The molecule has 0 bridgehead atoms. The van der Waals surface area contributed by atoms with E-state index in [9.17, 15) is 0 Å². The Hall–Kier alpha value is -2.00. The predicted molar refractivity (Wildman–Crippen MR) is 108 cm³/mol. The van der Waals surface area contributed by atoms with E-state index in [1.165, 1.54) is 39.3 Å². The van der Waals surface area contributed by atoms with Crippen LogP contribution in [0.25, 0.3) is 22.2 Å². The smallest absolute Gasteiger partial charge is 0.119 e. The standard InChI is InChI=1S/C22H26NOSi/c1-22(2)18-9-7-6-8-16(18)21-20(22)17-14-15(24-3)10-11-19(17)23(21)12-13-25(4)5/h6-11,14H,12-13H2,1-5H3. The number of aromatic nitrogens is 1. The van der Waals surface area contributed by atoms with Crippen LogP contribution in [0.3, 0.4) is 0 Å². The molecule has 25 heavy (non-hydrogen) atoms. The first-order valence-corrected chi connectivity index (χ1v) is 11.8. The molecular weight excluding hydrogens is 322 g/mol. The molecule has 0 spiro atoms. The van der Waals surface area contributed by atoms with Gasteiger partial charge in [0.25, 0.3) is 0 Å². The van der Waals surface area contributed by atoms with E-state index in [0.29, 0.717) is 0 Å². The predicted octanol–water partition coefficient (Wildman–Crippen LogP) is 5.71. The maximum Gasteiger partial charge on any atom is 0.119 e. The van der Waals surface area contributed by atoms with Gasteiger partial charge in [-0.2, -0.15) is 0 Å². The first-order valence-electron chi connectivity index (χ1n) is 9.04. The zero-order valence-electron chi connectivity index (χ0n) is 15.8. The summed E-state index contributed by atoms with van der Waals surface area (Å²) in [5, 5.41) is 1.34. The lowest BCUT2D eigenvalue weighted by Gasteiger charge is -2.21. The quantitative estimate of drug-likeness (QED) is 0.551. The number of nitrogens with zero attached hydrogens (tertiary/aromatic N) is 1. The molecule has 129 valence electrons. The maximum atomic E-state index is 5.53. The van der Waals surface area contributed by atoms with E-state index in [2.05, 4.69) is 74.0 Å². The van der Waals surface area contributed by atoms with E-state index in [1.807, 2.05) is 0 Å². The van der Waals surface area contributed by atoms with Crippen molar-refractivity contribution < 1.29 is 4.74 Å². The van der Waals surface area contributed by atoms with E-state index >= 15 is 0 Å². The zero-order valence-corrected chi connectivity index (χ0v) is 16.8. The van der Waals surface area contributed by atoms with Crippen molar-refractivity contribution in [2.45, 2.75) is 44.9 Å². The fraction of sp³-hybridized carbons (Fsp3) is 0.364. The molecule has 1 aliphatic rings. The monoisotopic (exact) mass is 348 g/mol. The molecule has 3 heteroatoms. The van der Waals surface area contributed by atoms with Gasteiger partial charge < -0.3 is 9.30 Å². The summed E-state index contributed by atoms with van der Waals surface area (Å²) in [7, 11) is 1.49. The summed E-state index contributed by atoms with van der Waals surface area (Å²) in [6.07, 6.45) is 0. The van der Waals surface area contributed by atoms with Crippen LogP contribution in [0, 0.1) is 0 Å². The molecule has 4 rings (SSSR count). The number of methoxy groups -OCH3 is 1. The van der Waals surface area contributed by atoms with Crippen LogP contribution >= 0.6 is 0 Å². The third-order valence-corrected chi connectivity index (χ3v) is 6.81. The van der Waals surface area contributed by atoms with E-state index in [0.717, 1.165) is 12.3 Å². The fourth-order valence-corrected chi connectivity index (χ4v) is 4.98. The average Bonchev–Trinajstić information content (AvgIpc) is 3.04. The molecule has 1 aliphatic carbocycles. The van der Waals surface area contributed by atoms with Gasteiger partial charge in [0.1, 0.15) is 5.75 Å². The number of hydrogen-bond acceptors (Lipinski definition) is 1. The van der Waals surface area contributed by atoms with E-state index in [4.69, 9.17) is 4.74 Å². The highest BCUT2D eigenvalue weighted by Gasteiger charge is 2.40. The summed E-state index contributed by atoms with van der Waals surface area (Å²) in [6.45, 7) is 10.6. The van der Waals surface area contributed by atoms with Crippen molar-refractivity contribution in [3.05, 3.63) is 53.6 Å². The SMILES string of the molecule is COc1ccc2c(c1)c1c(n2CC[Si](C)C)-c2ccccc2C1(C)C. The number of benzene rings is 2. The van der Waals surface area contributed by atoms with E-state index in [1.54, 1.807) is 7.11 Å². The van der Waals surface area contributed by atoms with Gasteiger partial charge in [0.05, 0.1) is 12.8 Å². The number of fused-ring (bicyclic) bond motifs is 5. The zero-order chi connectivity index (χ0) is 17.8. The maximum absolute atomic E-state index is 5.53. The molecule has 1 radical (unpaired) electrons. The molecule has 0 saturated heterocycles. The molecule has 0 amide bonds. The molecule has 0 unspecified atom stereocenters. The first kappa shape index (κ1) is 16.5. The van der Waals surface area contributed by atoms with Crippen molar-refractivity contribution >= 4 is 19.7 Å². The summed E-state index contributed by atoms with van der Waals surface area (Å²) in [5.74, 6) is 0.940. The van der Waals surface area contributed by atoms with Gasteiger partial charge >= 0.3 is 0 Å². The summed E-state index contributed by atoms with van der Waals surface area (Å²) in [6, 6.07) is 16.8. The van der Waals surface area contributed by atoms with Crippen LogP contribution in [0.2, 0.25) is 19.1 Å². The molecular formula is C22H26NOSi. The third kappa shape index (κ3) is 2.36. The van der Waals surface area contributed by atoms with Crippen molar-refractivity contribution in [2.75, 3.05) is 7.11 Å². The minimum Gasteiger partial charge on any atom is -0.497 e. The molecule has 0 aliphatic heterocycles. The van der Waals surface area contributed by atoms with Crippen molar-refractivity contribution in [2.24, 2.45) is 0 Å². The second kappa shape index (κ2) is 5.77. The van der Waals surface area contributed by atoms with E-state index in [-0.39, 0.29) is 14.2 Å². The Morgan fingerprint density at radius 2 is 1.84 bits per heavy atom. The third-order valence-electron chi connectivity index (χ3n) is 5.59. The second-order valence-electron chi connectivity index (χ2n) is 7.89.